The zero-order valence-corrected chi connectivity index (χ0v) is 17.4. The molecule has 1 heterocycles. The van der Waals surface area contributed by atoms with E-state index in [-0.39, 0.29) is 23.4 Å². The zero-order chi connectivity index (χ0) is 19.9. The van der Waals surface area contributed by atoms with Crippen LogP contribution in [0.1, 0.15) is 39.2 Å². The Morgan fingerprint density at radius 2 is 1.96 bits per heavy atom. The topological polar surface area (TPSA) is 74.8 Å². The fourth-order valence-electron chi connectivity index (χ4n) is 3.25. The van der Waals surface area contributed by atoms with Crippen LogP contribution in [-0.2, 0) is 14.9 Å². The molecule has 1 aromatic carbocycles. The van der Waals surface area contributed by atoms with Gasteiger partial charge >= 0.3 is 0 Å². The number of carbonyl (C=O) groups excluding carboxylic acids is 1. The Labute approximate surface area is 167 Å². The largest absolute Gasteiger partial charge is 0.381 e. The molecule has 0 saturated carbocycles. The molecule has 2 rings (SSSR count). The lowest BCUT2D eigenvalue weighted by Gasteiger charge is -2.38. The first-order chi connectivity index (χ1) is 12.7. The molecule has 0 aliphatic carbocycles. The van der Waals surface area contributed by atoms with Gasteiger partial charge in [0, 0.05) is 42.8 Å². The van der Waals surface area contributed by atoms with Crippen LogP contribution in [0.4, 0.5) is 0 Å². The number of guanidine groups is 1. The van der Waals surface area contributed by atoms with E-state index in [1.165, 1.54) is 5.56 Å². The van der Waals surface area contributed by atoms with Crippen LogP contribution in [0, 0.1) is 0 Å². The summed E-state index contributed by atoms with van der Waals surface area (Å²) in [5, 5.41) is 10.1. The minimum Gasteiger partial charge on any atom is -0.381 e. The molecule has 1 fully saturated rings. The third-order valence-corrected chi connectivity index (χ3v) is 4.87. The van der Waals surface area contributed by atoms with Gasteiger partial charge in [0.1, 0.15) is 0 Å². The monoisotopic (exact) mass is 394 g/mol. The number of nitrogens with zero attached hydrogens (tertiary/aromatic N) is 1. The molecule has 0 aromatic heterocycles. The standard InChI is InChI=1S/C20H31ClN4O2/c1-19(2,3)25-17(26)13-23-18(22-4)24-14-20(8-10-27-11-9-20)15-6-5-7-16(21)12-15/h5-7,12H,8-11,13-14H2,1-4H3,(H,25,26)(H2,22,23,24). The van der Waals surface area contributed by atoms with Crippen molar-refractivity contribution in [3.63, 3.8) is 0 Å². The Morgan fingerprint density at radius 3 is 2.56 bits per heavy atom. The van der Waals surface area contributed by atoms with Gasteiger partial charge in [-0.1, -0.05) is 23.7 Å². The molecule has 1 aliphatic heterocycles. The van der Waals surface area contributed by atoms with Crippen molar-refractivity contribution in [1.82, 2.24) is 16.0 Å². The molecule has 1 amide bonds. The number of rotatable bonds is 5. The molecule has 1 aliphatic rings. The lowest BCUT2D eigenvalue weighted by molar-refractivity contribution is -0.121. The van der Waals surface area contributed by atoms with Crippen LogP contribution in [0.2, 0.25) is 5.02 Å². The van der Waals surface area contributed by atoms with E-state index < -0.39 is 0 Å². The van der Waals surface area contributed by atoms with Gasteiger partial charge in [-0.25, -0.2) is 0 Å². The van der Waals surface area contributed by atoms with Gasteiger partial charge in [-0.15, -0.1) is 0 Å². The van der Waals surface area contributed by atoms with E-state index >= 15 is 0 Å². The predicted molar refractivity (Wildman–Crippen MR) is 110 cm³/mol. The van der Waals surface area contributed by atoms with Gasteiger partial charge in [-0.05, 0) is 51.3 Å². The number of amides is 1. The average molecular weight is 395 g/mol. The lowest BCUT2D eigenvalue weighted by atomic mass is 9.74. The Balaban J connectivity index is 2.00. The number of hydrogen-bond donors (Lipinski definition) is 3. The van der Waals surface area contributed by atoms with Crippen LogP contribution in [0.15, 0.2) is 29.3 Å². The summed E-state index contributed by atoms with van der Waals surface area (Å²) in [6.07, 6.45) is 1.81. The summed E-state index contributed by atoms with van der Waals surface area (Å²) >= 11 is 6.22. The fourth-order valence-corrected chi connectivity index (χ4v) is 3.44. The Bertz CT molecular complexity index is 664. The molecule has 27 heavy (non-hydrogen) atoms. The van der Waals surface area contributed by atoms with Gasteiger partial charge in [0.05, 0.1) is 6.54 Å². The quantitative estimate of drug-likeness (QED) is 0.529. The predicted octanol–water partition coefficient (Wildman–Crippen LogP) is 2.47. The first-order valence-corrected chi connectivity index (χ1v) is 9.71. The molecule has 6 nitrogen and oxygen atoms in total. The molecular formula is C20H31ClN4O2. The first kappa shape index (κ1) is 21.5. The Morgan fingerprint density at radius 1 is 1.26 bits per heavy atom. The van der Waals surface area contributed by atoms with Gasteiger partial charge in [0.15, 0.2) is 5.96 Å². The van der Waals surface area contributed by atoms with Gasteiger partial charge < -0.3 is 20.7 Å². The average Bonchev–Trinajstić information content (AvgIpc) is 2.61. The molecule has 0 bridgehead atoms. The molecule has 0 atom stereocenters. The molecule has 0 unspecified atom stereocenters. The van der Waals surface area contributed by atoms with E-state index in [9.17, 15) is 4.79 Å². The van der Waals surface area contributed by atoms with Gasteiger partial charge in [-0.2, -0.15) is 0 Å². The van der Waals surface area contributed by atoms with E-state index in [0.29, 0.717) is 25.7 Å². The maximum Gasteiger partial charge on any atom is 0.239 e. The normalized spacial score (nSPS) is 17.3. The summed E-state index contributed by atoms with van der Waals surface area (Å²) in [6, 6.07) is 8.02. The smallest absolute Gasteiger partial charge is 0.239 e. The molecular weight excluding hydrogens is 364 g/mol. The minimum atomic E-state index is -0.256. The van der Waals surface area contributed by atoms with Crippen molar-refractivity contribution in [1.29, 1.82) is 0 Å². The highest BCUT2D eigenvalue weighted by molar-refractivity contribution is 6.30. The summed E-state index contributed by atoms with van der Waals surface area (Å²) < 4.78 is 5.58. The Kier molecular flexibility index (Phi) is 7.50. The van der Waals surface area contributed by atoms with Crippen LogP contribution in [0.3, 0.4) is 0 Å². The molecule has 1 aromatic rings. The van der Waals surface area contributed by atoms with Crippen molar-refractivity contribution in [3.05, 3.63) is 34.9 Å². The van der Waals surface area contributed by atoms with E-state index in [4.69, 9.17) is 16.3 Å². The zero-order valence-electron chi connectivity index (χ0n) is 16.7. The van der Waals surface area contributed by atoms with Gasteiger partial charge in [0.25, 0.3) is 0 Å². The number of nitrogens with one attached hydrogen (secondary N) is 3. The van der Waals surface area contributed by atoms with Crippen LogP contribution in [0.25, 0.3) is 0 Å². The number of carbonyl (C=O) groups is 1. The second-order valence-corrected chi connectivity index (χ2v) is 8.42. The number of hydrogen-bond acceptors (Lipinski definition) is 3. The fraction of sp³-hybridized carbons (Fsp3) is 0.600. The van der Waals surface area contributed by atoms with E-state index in [2.05, 4.69) is 27.0 Å². The number of halogens is 1. The van der Waals surface area contributed by atoms with Crippen molar-refractivity contribution < 1.29 is 9.53 Å². The molecule has 150 valence electrons. The summed E-state index contributed by atoms with van der Waals surface area (Å²) in [4.78, 5) is 16.3. The minimum absolute atomic E-state index is 0.0685. The first-order valence-electron chi connectivity index (χ1n) is 9.33. The summed E-state index contributed by atoms with van der Waals surface area (Å²) in [7, 11) is 1.70. The SMILES string of the molecule is CN=C(NCC(=O)NC(C)(C)C)NCC1(c2cccc(Cl)c2)CCOCC1. The second-order valence-electron chi connectivity index (χ2n) is 7.98. The highest BCUT2D eigenvalue weighted by Crippen LogP contribution is 2.35. The summed E-state index contributed by atoms with van der Waals surface area (Å²) in [5.41, 5.74) is 0.870. The molecule has 0 radical (unpaired) electrons. The van der Waals surface area contributed by atoms with Crippen LogP contribution in [-0.4, -0.2) is 50.8 Å². The van der Waals surface area contributed by atoms with Gasteiger partial charge in [-0.3, -0.25) is 9.79 Å². The summed E-state index contributed by atoms with van der Waals surface area (Å²) in [5.74, 6) is 0.535. The third-order valence-electron chi connectivity index (χ3n) is 4.64. The number of aliphatic imine (C=N–C) groups is 1. The van der Waals surface area contributed by atoms with Crippen LogP contribution in [0.5, 0.6) is 0 Å². The third kappa shape index (κ3) is 6.70. The van der Waals surface area contributed by atoms with E-state index in [1.54, 1.807) is 7.05 Å². The number of ether oxygens (including phenoxy) is 1. The second kappa shape index (κ2) is 9.42. The van der Waals surface area contributed by atoms with Crippen molar-refractivity contribution in [2.75, 3.05) is 33.4 Å². The van der Waals surface area contributed by atoms with Crippen molar-refractivity contribution in [2.24, 2.45) is 4.99 Å². The summed E-state index contributed by atoms with van der Waals surface area (Å²) in [6.45, 7) is 8.16. The molecule has 0 spiro atoms. The molecule has 7 heteroatoms. The molecule has 1 saturated heterocycles. The van der Waals surface area contributed by atoms with Gasteiger partial charge in [0.2, 0.25) is 5.91 Å². The highest BCUT2D eigenvalue weighted by Gasteiger charge is 2.34. The Hall–Kier alpha value is -1.79. The lowest BCUT2D eigenvalue weighted by Crippen LogP contribution is -2.51. The number of benzene rings is 1. The van der Waals surface area contributed by atoms with Crippen LogP contribution < -0.4 is 16.0 Å². The van der Waals surface area contributed by atoms with Crippen LogP contribution >= 0.6 is 11.6 Å². The van der Waals surface area contributed by atoms with E-state index in [1.807, 2.05) is 39.0 Å². The maximum absolute atomic E-state index is 12.0. The van der Waals surface area contributed by atoms with Crippen molar-refractivity contribution >= 4 is 23.5 Å². The van der Waals surface area contributed by atoms with Crippen molar-refractivity contribution in [3.8, 4) is 0 Å². The highest BCUT2D eigenvalue weighted by atomic mass is 35.5. The van der Waals surface area contributed by atoms with E-state index in [0.717, 1.165) is 17.9 Å². The van der Waals surface area contributed by atoms with Crippen molar-refractivity contribution in [2.45, 2.75) is 44.6 Å². The maximum atomic E-state index is 12.0. The molecule has 3 N–H and O–H groups in total.